The number of nitrogens with zero attached hydrogens (tertiary/aromatic N) is 2. The molecular weight excluding hydrogens is 359 g/mol. The second kappa shape index (κ2) is 6.56. The minimum absolute atomic E-state index is 0.0517. The van der Waals surface area contributed by atoms with E-state index in [1.54, 1.807) is 30.3 Å². The van der Waals surface area contributed by atoms with Crippen molar-refractivity contribution in [1.82, 2.24) is 10.2 Å². The summed E-state index contributed by atoms with van der Waals surface area (Å²) in [6, 6.07) is 11.3. The smallest absolute Gasteiger partial charge is 0.412 e. The zero-order valence-electron chi connectivity index (χ0n) is 12.3. The van der Waals surface area contributed by atoms with Crippen LogP contribution >= 0.6 is 11.6 Å². The van der Waals surface area contributed by atoms with Crippen LogP contribution in [0.5, 0.6) is 0 Å². The van der Waals surface area contributed by atoms with E-state index in [1.807, 2.05) is 0 Å². The van der Waals surface area contributed by atoms with Crippen molar-refractivity contribution in [3.63, 3.8) is 0 Å². The monoisotopic (exact) mass is 367 g/mol. The largest absolute Gasteiger partial charge is 0.416 e. The highest BCUT2D eigenvalue weighted by Gasteiger charge is 2.31. The fourth-order valence-electron chi connectivity index (χ4n) is 1.99. The van der Waals surface area contributed by atoms with Crippen LogP contribution in [0.2, 0.25) is 5.02 Å². The lowest BCUT2D eigenvalue weighted by atomic mass is 10.2. The minimum Gasteiger partial charge on any atom is -0.412 e. The third-order valence-corrected chi connectivity index (χ3v) is 3.51. The third-order valence-electron chi connectivity index (χ3n) is 3.18. The number of hydrogen-bond donors (Lipinski definition) is 1. The van der Waals surface area contributed by atoms with Crippen LogP contribution in [-0.2, 0) is 6.18 Å². The Labute approximate surface area is 144 Å². The van der Waals surface area contributed by atoms with E-state index < -0.39 is 23.5 Å². The molecule has 0 aliphatic heterocycles. The molecule has 1 amide bonds. The first-order valence-corrected chi connectivity index (χ1v) is 7.29. The van der Waals surface area contributed by atoms with E-state index in [4.69, 9.17) is 16.0 Å². The van der Waals surface area contributed by atoms with Gasteiger partial charge >= 0.3 is 18.0 Å². The number of alkyl halides is 3. The first kappa shape index (κ1) is 17.0. The van der Waals surface area contributed by atoms with Gasteiger partial charge in [0.2, 0.25) is 5.89 Å². The number of nitrogens with one attached hydrogen (secondary N) is 1. The van der Waals surface area contributed by atoms with Crippen LogP contribution < -0.4 is 5.32 Å². The molecule has 2 aromatic carbocycles. The highest BCUT2D eigenvalue weighted by Crippen LogP contribution is 2.34. The van der Waals surface area contributed by atoms with Crippen LogP contribution in [0.4, 0.5) is 18.9 Å². The van der Waals surface area contributed by atoms with Crippen LogP contribution in [0.3, 0.4) is 0 Å². The molecule has 3 rings (SSSR count). The molecule has 0 saturated heterocycles. The van der Waals surface area contributed by atoms with E-state index in [-0.39, 0.29) is 16.6 Å². The number of carbonyl (C=O) groups excluding carboxylic acids is 1. The predicted molar refractivity (Wildman–Crippen MR) is 84.1 cm³/mol. The molecule has 0 fully saturated rings. The fourth-order valence-corrected chi connectivity index (χ4v) is 2.15. The molecule has 5 nitrogen and oxygen atoms in total. The molecule has 0 spiro atoms. The van der Waals surface area contributed by atoms with Crippen molar-refractivity contribution in [2.45, 2.75) is 6.18 Å². The Morgan fingerprint density at radius 1 is 1.08 bits per heavy atom. The minimum atomic E-state index is -4.56. The molecule has 0 bridgehead atoms. The van der Waals surface area contributed by atoms with Crippen LogP contribution in [0.25, 0.3) is 11.5 Å². The van der Waals surface area contributed by atoms with E-state index >= 15 is 0 Å². The van der Waals surface area contributed by atoms with Crippen molar-refractivity contribution < 1.29 is 22.4 Å². The molecule has 9 heteroatoms. The van der Waals surface area contributed by atoms with Crippen LogP contribution in [-0.4, -0.2) is 16.1 Å². The van der Waals surface area contributed by atoms with Gasteiger partial charge in [0.15, 0.2) is 0 Å². The molecule has 0 atom stereocenters. The number of anilines is 1. The van der Waals surface area contributed by atoms with Gasteiger partial charge in [-0.2, -0.15) is 13.2 Å². The van der Waals surface area contributed by atoms with Gasteiger partial charge in [-0.25, -0.2) is 0 Å². The zero-order chi connectivity index (χ0) is 18.0. The van der Waals surface area contributed by atoms with Crippen LogP contribution in [0.15, 0.2) is 52.9 Å². The summed E-state index contributed by atoms with van der Waals surface area (Å²) in [6.07, 6.45) is -4.56. The maximum absolute atomic E-state index is 12.8. The Morgan fingerprint density at radius 3 is 2.48 bits per heavy atom. The summed E-state index contributed by atoms with van der Waals surface area (Å²) in [6.45, 7) is 0. The Hall–Kier alpha value is -2.87. The van der Waals surface area contributed by atoms with Crippen LogP contribution in [0.1, 0.15) is 16.2 Å². The van der Waals surface area contributed by atoms with Gasteiger partial charge in [0.1, 0.15) is 0 Å². The Balaban J connectivity index is 1.83. The lowest BCUT2D eigenvalue weighted by molar-refractivity contribution is -0.137. The number of carbonyl (C=O) groups is 1. The molecule has 0 aliphatic carbocycles. The Bertz CT molecular complexity index is 910. The summed E-state index contributed by atoms with van der Waals surface area (Å²) in [5.74, 6) is -1.15. The SMILES string of the molecule is O=C(Nc1cc(C(F)(F)F)ccc1Cl)c1nnc(-c2ccccc2)o1. The first-order valence-electron chi connectivity index (χ1n) is 6.91. The van der Waals surface area contributed by atoms with Gasteiger partial charge in [-0.1, -0.05) is 29.8 Å². The maximum atomic E-state index is 12.8. The van der Waals surface area contributed by atoms with Crippen molar-refractivity contribution in [2.24, 2.45) is 0 Å². The average molecular weight is 368 g/mol. The van der Waals surface area contributed by atoms with Gasteiger partial charge < -0.3 is 9.73 Å². The number of aromatic nitrogens is 2. The van der Waals surface area contributed by atoms with Gasteiger partial charge in [0.05, 0.1) is 16.3 Å². The third kappa shape index (κ3) is 3.80. The molecule has 1 heterocycles. The summed E-state index contributed by atoms with van der Waals surface area (Å²) in [7, 11) is 0. The second-order valence-corrected chi connectivity index (χ2v) is 5.33. The number of benzene rings is 2. The molecule has 0 radical (unpaired) electrons. The summed E-state index contributed by atoms with van der Waals surface area (Å²) in [5.41, 5.74) is -0.546. The summed E-state index contributed by atoms with van der Waals surface area (Å²) >= 11 is 5.83. The number of amides is 1. The van der Waals surface area contributed by atoms with E-state index in [0.29, 0.717) is 5.56 Å². The lowest BCUT2D eigenvalue weighted by Gasteiger charge is -2.10. The van der Waals surface area contributed by atoms with Crippen molar-refractivity contribution in [1.29, 1.82) is 0 Å². The summed E-state index contributed by atoms with van der Waals surface area (Å²) < 4.78 is 43.5. The standard InChI is InChI=1S/C16H9ClF3N3O2/c17-11-7-6-10(16(18,19)20)8-12(11)21-13(24)15-23-22-14(25-15)9-4-2-1-3-5-9/h1-8H,(H,21,24). The van der Waals surface area contributed by atoms with E-state index in [2.05, 4.69) is 15.5 Å². The van der Waals surface area contributed by atoms with Crippen molar-refractivity contribution >= 4 is 23.2 Å². The number of rotatable bonds is 3. The molecule has 0 saturated carbocycles. The highest BCUT2D eigenvalue weighted by atomic mass is 35.5. The molecule has 128 valence electrons. The average Bonchev–Trinajstić information content (AvgIpc) is 3.07. The fraction of sp³-hybridized carbons (Fsp3) is 0.0625. The number of hydrogen-bond acceptors (Lipinski definition) is 4. The molecular formula is C16H9ClF3N3O2. The van der Waals surface area contributed by atoms with Gasteiger partial charge in [-0.3, -0.25) is 4.79 Å². The van der Waals surface area contributed by atoms with Crippen molar-refractivity contribution in [3.8, 4) is 11.5 Å². The Kier molecular flexibility index (Phi) is 4.45. The number of halogens is 4. The molecule has 0 unspecified atom stereocenters. The van der Waals surface area contributed by atoms with Gasteiger partial charge in [0.25, 0.3) is 0 Å². The second-order valence-electron chi connectivity index (χ2n) is 4.92. The first-order chi connectivity index (χ1) is 11.8. The summed E-state index contributed by atoms with van der Waals surface area (Å²) in [4.78, 5) is 12.1. The van der Waals surface area contributed by atoms with Gasteiger partial charge in [0, 0.05) is 5.56 Å². The highest BCUT2D eigenvalue weighted by molar-refractivity contribution is 6.33. The van der Waals surface area contributed by atoms with Crippen LogP contribution in [0, 0.1) is 0 Å². The normalized spacial score (nSPS) is 11.4. The van der Waals surface area contributed by atoms with Gasteiger partial charge in [-0.15, -0.1) is 10.2 Å². The molecule has 1 N–H and O–H groups in total. The summed E-state index contributed by atoms with van der Waals surface area (Å²) in [5, 5.41) is 9.52. The topological polar surface area (TPSA) is 68.0 Å². The van der Waals surface area contributed by atoms with Gasteiger partial charge in [-0.05, 0) is 30.3 Å². The quantitative estimate of drug-likeness (QED) is 0.731. The maximum Gasteiger partial charge on any atom is 0.416 e. The van der Waals surface area contributed by atoms with E-state index in [0.717, 1.165) is 18.2 Å². The molecule has 0 aliphatic rings. The predicted octanol–water partition coefficient (Wildman–Crippen LogP) is 4.66. The van der Waals surface area contributed by atoms with Crippen molar-refractivity contribution in [2.75, 3.05) is 5.32 Å². The molecule has 1 aromatic heterocycles. The molecule has 3 aromatic rings. The Morgan fingerprint density at radius 2 is 1.80 bits per heavy atom. The zero-order valence-corrected chi connectivity index (χ0v) is 13.1. The lowest BCUT2D eigenvalue weighted by Crippen LogP contribution is -2.14. The van der Waals surface area contributed by atoms with E-state index in [1.165, 1.54) is 0 Å². The van der Waals surface area contributed by atoms with Crippen molar-refractivity contribution in [3.05, 3.63) is 65.0 Å². The molecule has 25 heavy (non-hydrogen) atoms. The van der Waals surface area contributed by atoms with E-state index in [9.17, 15) is 18.0 Å².